The predicted octanol–water partition coefficient (Wildman–Crippen LogP) is 4.19. The van der Waals surface area contributed by atoms with Crippen molar-refractivity contribution in [2.45, 2.75) is 51.0 Å². The highest BCUT2D eigenvalue weighted by molar-refractivity contribution is 7.89. The summed E-state index contributed by atoms with van der Waals surface area (Å²) in [6, 6.07) is 10.8. The molecular weight excluding hydrogens is 455 g/mol. The van der Waals surface area contributed by atoms with Crippen molar-refractivity contribution in [1.29, 1.82) is 0 Å². The van der Waals surface area contributed by atoms with Gasteiger partial charge in [-0.1, -0.05) is 32.9 Å². The lowest BCUT2D eigenvalue weighted by Gasteiger charge is -2.27. The highest BCUT2D eigenvalue weighted by Gasteiger charge is 2.23. The third-order valence-corrected chi connectivity index (χ3v) is 7.53. The molecule has 3 rings (SSSR count). The molecule has 9 heteroatoms. The Labute approximate surface area is 201 Å². The van der Waals surface area contributed by atoms with Crippen molar-refractivity contribution in [2.75, 3.05) is 14.1 Å². The van der Waals surface area contributed by atoms with Crippen molar-refractivity contribution in [3.8, 4) is 0 Å². The number of aromatic nitrogens is 2. The van der Waals surface area contributed by atoms with Crippen LogP contribution in [0.25, 0.3) is 11.0 Å². The molecule has 1 atom stereocenters. The smallest absolute Gasteiger partial charge is 0.242 e. The molecule has 34 heavy (non-hydrogen) atoms. The molecule has 184 valence electrons. The first-order valence-corrected chi connectivity index (χ1v) is 12.6. The van der Waals surface area contributed by atoms with Crippen molar-refractivity contribution in [1.82, 2.24) is 19.2 Å². The number of carbonyl (C=O) groups is 1. The molecular formula is C25H33FN4O3S. The molecule has 0 radical (unpaired) electrons. The van der Waals surface area contributed by atoms with E-state index in [2.05, 4.69) is 31.1 Å². The molecule has 0 bridgehead atoms. The zero-order valence-electron chi connectivity index (χ0n) is 20.6. The van der Waals surface area contributed by atoms with Crippen LogP contribution in [-0.2, 0) is 28.3 Å². The molecule has 1 aromatic heterocycles. The third kappa shape index (κ3) is 6.01. The summed E-state index contributed by atoms with van der Waals surface area (Å²) < 4.78 is 41.3. The zero-order chi connectivity index (χ0) is 25.3. The van der Waals surface area contributed by atoms with Gasteiger partial charge < -0.3 is 9.88 Å². The molecule has 0 aliphatic rings. The number of fused-ring (bicyclic) bond motifs is 1. The topological polar surface area (TPSA) is 84.3 Å². The molecule has 0 fully saturated rings. The largest absolute Gasteiger partial charge is 0.349 e. The number of nitrogens with zero attached hydrogens (tertiary/aromatic N) is 3. The summed E-state index contributed by atoms with van der Waals surface area (Å²) in [6.45, 7) is 6.29. The molecule has 1 heterocycles. The molecule has 3 aromatic rings. The van der Waals surface area contributed by atoms with Crippen LogP contribution in [0.2, 0.25) is 0 Å². The van der Waals surface area contributed by atoms with E-state index in [1.807, 2.05) is 11.6 Å². The van der Waals surface area contributed by atoms with Gasteiger partial charge in [-0.3, -0.25) is 4.79 Å². The number of aryl methyl sites for hydroxylation is 2. The predicted molar refractivity (Wildman–Crippen MR) is 131 cm³/mol. The van der Waals surface area contributed by atoms with Crippen molar-refractivity contribution in [2.24, 2.45) is 12.5 Å². The summed E-state index contributed by atoms with van der Waals surface area (Å²) in [7, 11) is 1.27. The monoisotopic (exact) mass is 488 g/mol. The van der Waals surface area contributed by atoms with Gasteiger partial charge in [0, 0.05) is 34.0 Å². The van der Waals surface area contributed by atoms with Crippen LogP contribution in [0.5, 0.6) is 0 Å². The van der Waals surface area contributed by atoms with E-state index in [-0.39, 0.29) is 34.5 Å². The van der Waals surface area contributed by atoms with Crippen molar-refractivity contribution in [3.05, 3.63) is 59.7 Å². The summed E-state index contributed by atoms with van der Waals surface area (Å²) >= 11 is 0. The lowest BCUT2D eigenvalue weighted by molar-refractivity contribution is -0.122. The number of hydrogen-bond donors (Lipinski definition) is 1. The Morgan fingerprint density at radius 2 is 1.79 bits per heavy atom. The highest BCUT2D eigenvalue weighted by atomic mass is 32.2. The molecule has 7 nitrogen and oxygen atoms in total. The van der Waals surface area contributed by atoms with Gasteiger partial charge in [-0.2, -0.15) is 0 Å². The Morgan fingerprint density at radius 1 is 1.15 bits per heavy atom. The summed E-state index contributed by atoms with van der Waals surface area (Å²) in [6.07, 6.45) is 1.33. The van der Waals surface area contributed by atoms with Crippen LogP contribution in [0, 0.1) is 11.2 Å². The maximum absolute atomic E-state index is 13.4. The lowest BCUT2D eigenvalue weighted by Crippen LogP contribution is -2.31. The molecule has 0 saturated carbocycles. The molecule has 1 unspecified atom stereocenters. The van der Waals surface area contributed by atoms with E-state index in [0.717, 1.165) is 15.4 Å². The normalized spacial score (nSPS) is 13.4. The molecule has 2 aromatic carbocycles. The second kappa shape index (κ2) is 9.84. The number of benzene rings is 2. The Bertz CT molecular complexity index is 1280. The maximum Gasteiger partial charge on any atom is 0.242 e. The van der Waals surface area contributed by atoms with Crippen LogP contribution in [0.15, 0.2) is 47.4 Å². The van der Waals surface area contributed by atoms with Crippen LogP contribution >= 0.6 is 0 Å². The first-order valence-electron chi connectivity index (χ1n) is 11.2. The number of halogens is 1. The van der Waals surface area contributed by atoms with Gasteiger partial charge >= 0.3 is 0 Å². The van der Waals surface area contributed by atoms with Gasteiger partial charge in [-0.25, -0.2) is 22.1 Å². The van der Waals surface area contributed by atoms with Crippen LogP contribution in [0.4, 0.5) is 4.39 Å². The van der Waals surface area contributed by atoms with Gasteiger partial charge in [-0.15, -0.1) is 0 Å². The fourth-order valence-electron chi connectivity index (χ4n) is 3.88. The van der Waals surface area contributed by atoms with Crippen molar-refractivity contribution < 1.29 is 17.6 Å². The van der Waals surface area contributed by atoms with Crippen molar-refractivity contribution in [3.63, 3.8) is 0 Å². The molecule has 1 N–H and O–H groups in total. The van der Waals surface area contributed by atoms with Gasteiger partial charge in [0.2, 0.25) is 15.9 Å². The minimum atomic E-state index is -3.56. The van der Waals surface area contributed by atoms with E-state index >= 15 is 0 Å². The Balaban J connectivity index is 1.75. The Hall–Kier alpha value is -2.78. The maximum atomic E-state index is 13.4. The molecule has 0 aliphatic heterocycles. The van der Waals surface area contributed by atoms with E-state index in [9.17, 15) is 17.6 Å². The average molecular weight is 489 g/mol. The van der Waals surface area contributed by atoms with Gasteiger partial charge in [0.25, 0.3) is 0 Å². The third-order valence-electron chi connectivity index (χ3n) is 5.72. The Kier molecular flexibility index (Phi) is 7.47. The molecule has 0 aliphatic carbocycles. The summed E-state index contributed by atoms with van der Waals surface area (Å²) in [4.78, 5) is 17.6. The molecule has 0 saturated heterocycles. The number of amides is 1. The fourth-order valence-corrected chi connectivity index (χ4v) is 4.80. The minimum absolute atomic E-state index is 0.0334. The van der Waals surface area contributed by atoms with E-state index in [1.165, 1.54) is 26.2 Å². The number of rotatable bonds is 8. The molecule has 1 amide bonds. The van der Waals surface area contributed by atoms with E-state index in [1.54, 1.807) is 30.3 Å². The second-order valence-electron chi connectivity index (χ2n) is 9.96. The van der Waals surface area contributed by atoms with E-state index in [4.69, 9.17) is 0 Å². The van der Waals surface area contributed by atoms with Crippen LogP contribution in [0.3, 0.4) is 0 Å². The van der Waals surface area contributed by atoms with E-state index in [0.29, 0.717) is 24.2 Å². The molecule has 0 spiro atoms. The second-order valence-corrected chi connectivity index (χ2v) is 12.1. The fraction of sp³-hybridized carbons (Fsp3) is 0.440. The number of nitrogens with one attached hydrogen (secondary N) is 1. The minimum Gasteiger partial charge on any atom is -0.349 e. The first kappa shape index (κ1) is 25.8. The summed E-state index contributed by atoms with van der Waals surface area (Å²) in [5.74, 6) is 0.258. The van der Waals surface area contributed by atoms with Gasteiger partial charge in [0.05, 0.1) is 22.0 Å². The van der Waals surface area contributed by atoms with Crippen LogP contribution in [-0.4, -0.2) is 42.3 Å². The average Bonchev–Trinajstić information content (AvgIpc) is 3.06. The van der Waals surface area contributed by atoms with Crippen LogP contribution in [0.1, 0.15) is 51.0 Å². The van der Waals surface area contributed by atoms with Gasteiger partial charge in [-0.05, 0) is 47.7 Å². The number of sulfonamides is 1. The summed E-state index contributed by atoms with van der Waals surface area (Å²) in [5, 5.41) is 3.09. The standard InChI is InChI=1S/C25H33FN4O3S/c1-25(2,3)16-21(17-7-9-18(26)10-8-17)28-24(31)14-13-23-27-20-15-19(34(32,33)29(4)5)11-12-22(20)30(23)6/h7-12,15,21H,13-14,16H2,1-6H3,(H,28,31). The number of carbonyl (C=O) groups excluding carboxylic acids is 1. The van der Waals surface area contributed by atoms with E-state index < -0.39 is 10.0 Å². The SMILES string of the molecule is CN(C)S(=O)(=O)c1ccc2c(c1)nc(CCC(=O)NC(CC(C)(C)C)c1ccc(F)cc1)n2C. The van der Waals surface area contributed by atoms with Crippen molar-refractivity contribution >= 4 is 27.0 Å². The number of hydrogen-bond acceptors (Lipinski definition) is 4. The lowest BCUT2D eigenvalue weighted by atomic mass is 9.85. The summed E-state index contributed by atoms with van der Waals surface area (Å²) in [5.41, 5.74) is 2.19. The number of imidazole rings is 1. The zero-order valence-corrected chi connectivity index (χ0v) is 21.4. The first-order chi connectivity index (χ1) is 15.8. The van der Waals surface area contributed by atoms with Gasteiger partial charge in [0.1, 0.15) is 11.6 Å². The quantitative estimate of drug-likeness (QED) is 0.515. The van der Waals surface area contributed by atoms with Crippen LogP contribution < -0.4 is 5.32 Å². The Morgan fingerprint density at radius 3 is 2.38 bits per heavy atom. The highest BCUT2D eigenvalue weighted by Crippen LogP contribution is 2.30. The van der Waals surface area contributed by atoms with Gasteiger partial charge in [0.15, 0.2) is 0 Å².